The number of amides is 1. The van der Waals surface area contributed by atoms with E-state index in [2.05, 4.69) is 27.5 Å². The number of aromatic nitrogens is 1. The fourth-order valence-electron chi connectivity index (χ4n) is 3.02. The van der Waals surface area contributed by atoms with Gasteiger partial charge in [-0.2, -0.15) is 0 Å². The standard InChI is InChI=1S/C19H25N3OS2/c1-13-6-8-22(9-7-13)11-15-12-25-19(20-15)21-18(23)17-10-16(24-3)5-4-14(17)2/h4-5,10,12-13H,6-9,11H2,1-3H3,(H,20,21,23). The maximum absolute atomic E-state index is 12.6. The number of rotatable bonds is 5. The van der Waals surface area contributed by atoms with E-state index in [1.165, 1.54) is 24.2 Å². The van der Waals surface area contributed by atoms with Crippen LogP contribution in [0.5, 0.6) is 0 Å². The third-order valence-corrected chi connectivity index (χ3v) is 6.26. The SMILES string of the molecule is CSc1ccc(C)c(C(=O)Nc2nc(CN3CCC(C)CC3)cs2)c1. The van der Waals surface area contributed by atoms with Crippen molar-refractivity contribution >= 4 is 34.1 Å². The minimum Gasteiger partial charge on any atom is -0.298 e. The van der Waals surface area contributed by atoms with Crippen molar-refractivity contribution in [1.82, 2.24) is 9.88 Å². The van der Waals surface area contributed by atoms with E-state index in [-0.39, 0.29) is 5.91 Å². The highest BCUT2D eigenvalue weighted by molar-refractivity contribution is 7.98. The summed E-state index contributed by atoms with van der Waals surface area (Å²) in [6.07, 6.45) is 4.54. The number of hydrogen-bond acceptors (Lipinski definition) is 5. The number of likely N-dealkylation sites (tertiary alicyclic amines) is 1. The zero-order valence-corrected chi connectivity index (χ0v) is 16.7. The van der Waals surface area contributed by atoms with Gasteiger partial charge in [-0.25, -0.2) is 4.98 Å². The van der Waals surface area contributed by atoms with Crippen molar-refractivity contribution in [1.29, 1.82) is 0 Å². The molecule has 25 heavy (non-hydrogen) atoms. The van der Waals surface area contributed by atoms with Crippen LogP contribution in [0.3, 0.4) is 0 Å². The average molecular weight is 376 g/mol. The van der Waals surface area contributed by atoms with Gasteiger partial charge in [0, 0.05) is 22.4 Å². The lowest BCUT2D eigenvalue weighted by molar-refractivity contribution is 0.102. The molecular formula is C19H25N3OS2. The van der Waals surface area contributed by atoms with E-state index in [1.54, 1.807) is 11.8 Å². The first-order valence-corrected chi connectivity index (χ1v) is 10.8. The summed E-state index contributed by atoms with van der Waals surface area (Å²) >= 11 is 3.14. The van der Waals surface area contributed by atoms with E-state index in [9.17, 15) is 4.79 Å². The van der Waals surface area contributed by atoms with Crippen LogP contribution in [0.25, 0.3) is 0 Å². The molecule has 1 aliphatic rings. The molecule has 0 saturated carbocycles. The van der Waals surface area contributed by atoms with Gasteiger partial charge in [0.2, 0.25) is 0 Å². The first-order valence-electron chi connectivity index (χ1n) is 8.68. The monoisotopic (exact) mass is 375 g/mol. The molecule has 1 aromatic carbocycles. The molecule has 1 aliphatic heterocycles. The van der Waals surface area contributed by atoms with Crippen molar-refractivity contribution in [2.24, 2.45) is 5.92 Å². The molecule has 6 heteroatoms. The normalized spacial score (nSPS) is 16.1. The molecule has 1 N–H and O–H groups in total. The van der Waals surface area contributed by atoms with Gasteiger partial charge in [0.05, 0.1) is 5.69 Å². The number of nitrogens with zero attached hydrogens (tertiary/aromatic N) is 2. The summed E-state index contributed by atoms with van der Waals surface area (Å²) in [5.74, 6) is 0.753. The van der Waals surface area contributed by atoms with Gasteiger partial charge in [0.15, 0.2) is 5.13 Å². The van der Waals surface area contributed by atoms with Gasteiger partial charge in [-0.3, -0.25) is 15.0 Å². The number of thiazole rings is 1. The first-order chi connectivity index (χ1) is 12.0. The number of anilines is 1. The molecule has 4 nitrogen and oxygen atoms in total. The summed E-state index contributed by atoms with van der Waals surface area (Å²) in [5, 5.41) is 5.69. The number of aryl methyl sites for hydroxylation is 1. The number of thioether (sulfide) groups is 1. The van der Waals surface area contributed by atoms with Gasteiger partial charge >= 0.3 is 0 Å². The van der Waals surface area contributed by atoms with E-state index >= 15 is 0 Å². The topological polar surface area (TPSA) is 45.2 Å². The molecule has 0 spiro atoms. The van der Waals surface area contributed by atoms with Crippen LogP contribution in [0.15, 0.2) is 28.5 Å². The van der Waals surface area contributed by atoms with Crippen molar-refractivity contribution < 1.29 is 4.79 Å². The Labute approximate surface area is 158 Å². The summed E-state index contributed by atoms with van der Waals surface area (Å²) in [6.45, 7) is 7.44. The molecule has 0 aliphatic carbocycles. The quantitative estimate of drug-likeness (QED) is 0.772. The van der Waals surface area contributed by atoms with Crippen molar-refractivity contribution in [2.75, 3.05) is 24.7 Å². The Bertz CT molecular complexity index is 736. The van der Waals surface area contributed by atoms with Gasteiger partial charge in [-0.1, -0.05) is 13.0 Å². The fourth-order valence-corrected chi connectivity index (χ4v) is 4.16. The molecule has 0 atom stereocenters. The van der Waals surface area contributed by atoms with Crippen LogP contribution >= 0.6 is 23.1 Å². The third-order valence-electron chi connectivity index (χ3n) is 4.72. The molecule has 3 rings (SSSR count). The molecular weight excluding hydrogens is 350 g/mol. The molecule has 2 aromatic rings. The van der Waals surface area contributed by atoms with E-state index in [0.29, 0.717) is 10.7 Å². The number of carbonyl (C=O) groups excluding carboxylic acids is 1. The Balaban J connectivity index is 1.62. The smallest absolute Gasteiger partial charge is 0.257 e. The van der Waals surface area contributed by atoms with Crippen molar-refractivity contribution in [2.45, 2.75) is 38.1 Å². The third kappa shape index (κ3) is 4.84. The van der Waals surface area contributed by atoms with Crippen LogP contribution in [-0.2, 0) is 6.54 Å². The van der Waals surface area contributed by atoms with Crippen LogP contribution in [0, 0.1) is 12.8 Å². The van der Waals surface area contributed by atoms with Gasteiger partial charge in [0.25, 0.3) is 5.91 Å². The number of carbonyl (C=O) groups is 1. The molecule has 0 radical (unpaired) electrons. The summed E-state index contributed by atoms with van der Waals surface area (Å²) in [4.78, 5) is 20.7. The van der Waals surface area contributed by atoms with Crippen LogP contribution in [0.4, 0.5) is 5.13 Å². The summed E-state index contributed by atoms with van der Waals surface area (Å²) in [6, 6.07) is 5.97. The highest BCUT2D eigenvalue weighted by Crippen LogP contribution is 2.23. The number of piperidine rings is 1. The summed E-state index contributed by atoms with van der Waals surface area (Å²) < 4.78 is 0. The Hall–Kier alpha value is -1.37. The van der Waals surface area contributed by atoms with Crippen LogP contribution in [0.1, 0.15) is 41.4 Å². The molecule has 0 unspecified atom stereocenters. The number of nitrogens with one attached hydrogen (secondary N) is 1. The second-order valence-electron chi connectivity index (χ2n) is 6.74. The number of hydrogen-bond donors (Lipinski definition) is 1. The van der Waals surface area contributed by atoms with E-state index < -0.39 is 0 Å². The second-order valence-corrected chi connectivity index (χ2v) is 8.48. The van der Waals surface area contributed by atoms with Crippen LogP contribution in [-0.4, -0.2) is 35.1 Å². The maximum Gasteiger partial charge on any atom is 0.257 e. The fraction of sp³-hybridized carbons (Fsp3) is 0.474. The predicted octanol–water partition coefficient (Wildman–Crippen LogP) is 4.66. The molecule has 0 bridgehead atoms. The lowest BCUT2D eigenvalue weighted by Gasteiger charge is -2.29. The second kappa shape index (κ2) is 8.34. The van der Waals surface area contributed by atoms with Crippen LogP contribution in [0.2, 0.25) is 0 Å². The zero-order chi connectivity index (χ0) is 17.8. The molecule has 1 aromatic heterocycles. The van der Waals surface area contributed by atoms with E-state index in [1.807, 2.05) is 31.4 Å². The lowest BCUT2D eigenvalue weighted by Crippen LogP contribution is -2.32. The zero-order valence-electron chi connectivity index (χ0n) is 15.0. The van der Waals surface area contributed by atoms with Crippen molar-refractivity contribution in [3.8, 4) is 0 Å². The molecule has 1 saturated heterocycles. The van der Waals surface area contributed by atoms with Gasteiger partial charge < -0.3 is 0 Å². The Kier molecular flexibility index (Phi) is 6.15. The van der Waals surface area contributed by atoms with Gasteiger partial charge in [0.1, 0.15) is 0 Å². The summed E-state index contributed by atoms with van der Waals surface area (Å²) in [7, 11) is 0. The van der Waals surface area contributed by atoms with Crippen LogP contribution < -0.4 is 5.32 Å². The Morgan fingerprint density at radius 2 is 2.16 bits per heavy atom. The van der Waals surface area contributed by atoms with Gasteiger partial charge in [-0.05, 0) is 62.7 Å². The minimum absolute atomic E-state index is 0.0823. The molecule has 1 fully saturated rings. The molecule has 2 heterocycles. The van der Waals surface area contributed by atoms with E-state index in [4.69, 9.17) is 0 Å². The Morgan fingerprint density at radius 3 is 2.88 bits per heavy atom. The molecule has 1 amide bonds. The predicted molar refractivity (Wildman–Crippen MR) is 107 cm³/mol. The van der Waals surface area contributed by atoms with Crippen molar-refractivity contribution in [3.63, 3.8) is 0 Å². The highest BCUT2D eigenvalue weighted by Gasteiger charge is 2.17. The first kappa shape index (κ1) is 18.4. The summed E-state index contributed by atoms with van der Waals surface area (Å²) in [5.41, 5.74) is 2.74. The Morgan fingerprint density at radius 1 is 1.40 bits per heavy atom. The highest BCUT2D eigenvalue weighted by atomic mass is 32.2. The molecule has 134 valence electrons. The lowest BCUT2D eigenvalue weighted by atomic mass is 9.99. The minimum atomic E-state index is -0.0823. The largest absolute Gasteiger partial charge is 0.298 e. The van der Waals surface area contributed by atoms with Crippen molar-refractivity contribution in [3.05, 3.63) is 40.4 Å². The maximum atomic E-state index is 12.6. The number of benzene rings is 1. The van der Waals surface area contributed by atoms with Gasteiger partial charge in [-0.15, -0.1) is 23.1 Å². The average Bonchev–Trinajstić information content (AvgIpc) is 3.04. The van der Waals surface area contributed by atoms with E-state index in [0.717, 1.165) is 41.7 Å².